The van der Waals surface area contributed by atoms with Crippen molar-refractivity contribution in [2.24, 2.45) is 0 Å². The Labute approximate surface area is 173 Å². The molecule has 2 aromatic rings. The van der Waals surface area contributed by atoms with E-state index in [9.17, 15) is 0 Å². The van der Waals surface area contributed by atoms with Crippen LogP contribution in [0.4, 0.5) is 0 Å². The molecule has 1 aliphatic carbocycles. The van der Waals surface area contributed by atoms with Crippen molar-refractivity contribution in [3.05, 3.63) is 58.6 Å². The number of hydrogen-bond donors (Lipinski definition) is 1. The third-order valence-corrected chi connectivity index (χ3v) is 5.08. The maximum Gasteiger partial charge on any atom is 0.180 e. The summed E-state index contributed by atoms with van der Waals surface area (Å²) in [5.74, 6) is 1.34. The molecule has 1 aliphatic rings. The zero-order valence-electron chi connectivity index (χ0n) is 15.9. The zero-order valence-corrected chi connectivity index (χ0v) is 17.5. The molecule has 1 fully saturated rings. The summed E-state index contributed by atoms with van der Waals surface area (Å²) in [5, 5.41) is 4.26. The van der Waals surface area contributed by atoms with E-state index in [-0.39, 0.29) is 12.4 Å². The largest absolute Gasteiger partial charge is 0.490 e. The molecule has 27 heavy (non-hydrogen) atoms. The molecule has 148 valence electrons. The fourth-order valence-electron chi connectivity index (χ4n) is 3.43. The quantitative estimate of drug-likeness (QED) is 0.565. The Morgan fingerprint density at radius 3 is 2.44 bits per heavy atom. The summed E-state index contributed by atoms with van der Waals surface area (Å²) in [6, 6.07) is 14.7. The van der Waals surface area contributed by atoms with Gasteiger partial charge in [-0.05, 0) is 43.0 Å². The summed E-state index contributed by atoms with van der Waals surface area (Å²) in [4.78, 5) is 0. The second kappa shape index (κ2) is 11.4. The lowest BCUT2D eigenvalue weighted by atomic mass is 9.95. The first-order valence-electron chi connectivity index (χ1n) is 9.61. The van der Waals surface area contributed by atoms with Crippen LogP contribution < -0.4 is 14.8 Å². The lowest BCUT2D eigenvalue weighted by molar-refractivity contribution is 0.269. The van der Waals surface area contributed by atoms with Crippen molar-refractivity contribution >= 4 is 24.0 Å². The summed E-state index contributed by atoms with van der Waals surface area (Å²) in [6.45, 7) is 3.84. The fourth-order valence-corrected chi connectivity index (χ4v) is 3.71. The highest BCUT2D eigenvalue weighted by Crippen LogP contribution is 2.37. The molecule has 3 rings (SSSR count). The van der Waals surface area contributed by atoms with E-state index in [0.29, 0.717) is 30.0 Å². The zero-order chi connectivity index (χ0) is 18.2. The van der Waals surface area contributed by atoms with Crippen LogP contribution in [0.1, 0.15) is 50.2 Å². The molecule has 0 aromatic heterocycles. The van der Waals surface area contributed by atoms with Crippen molar-refractivity contribution < 1.29 is 9.47 Å². The molecule has 1 saturated carbocycles. The van der Waals surface area contributed by atoms with Gasteiger partial charge in [0.05, 0.1) is 11.6 Å². The van der Waals surface area contributed by atoms with Crippen LogP contribution in [0.25, 0.3) is 0 Å². The normalized spacial score (nSPS) is 14.4. The lowest BCUT2D eigenvalue weighted by Crippen LogP contribution is -2.30. The Balaban J connectivity index is 0.00000261. The van der Waals surface area contributed by atoms with Gasteiger partial charge in [0.25, 0.3) is 0 Å². The summed E-state index contributed by atoms with van der Waals surface area (Å²) in [7, 11) is 0. The van der Waals surface area contributed by atoms with Crippen molar-refractivity contribution in [2.75, 3.05) is 6.61 Å². The molecule has 0 radical (unpaired) electrons. The first-order chi connectivity index (χ1) is 12.8. The maximum absolute atomic E-state index is 6.53. The molecule has 1 N–H and O–H groups in total. The van der Waals surface area contributed by atoms with E-state index < -0.39 is 0 Å². The van der Waals surface area contributed by atoms with Crippen molar-refractivity contribution in [2.45, 2.75) is 58.2 Å². The predicted molar refractivity (Wildman–Crippen MR) is 114 cm³/mol. The summed E-state index contributed by atoms with van der Waals surface area (Å²) in [6.07, 6.45) is 6.56. The van der Waals surface area contributed by atoms with Crippen LogP contribution in [0.15, 0.2) is 42.5 Å². The van der Waals surface area contributed by atoms with Crippen molar-refractivity contribution in [1.29, 1.82) is 0 Å². The second-order valence-electron chi connectivity index (χ2n) is 6.83. The van der Waals surface area contributed by atoms with Crippen LogP contribution in [-0.4, -0.2) is 12.6 Å². The Bertz CT molecular complexity index is 688. The van der Waals surface area contributed by atoms with Crippen LogP contribution in [0.2, 0.25) is 5.02 Å². The molecule has 5 heteroatoms. The highest BCUT2D eigenvalue weighted by molar-refractivity contribution is 6.32. The van der Waals surface area contributed by atoms with Gasteiger partial charge in [-0.25, -0.2) is 0 Å². The molecule has 0 saturated heterocycles. The maximum atomic E-state index is 6.53. The van der Waals surface area contributed by atoms with Gasteiger partial charge in [0.2, 0.25) is 0 Å². The molecular formula is C22H29Cl2NO2. The molecule has 0 atom stereocenters. The molecular weight excluding hydrogens is 381 g/mol. The lowest BCUT2D eigenvalue weighted by Gasteiger charge is -2.23. The highest BCUT2D eigenvalue weighted by Gasteiger charge is 2.15. The van der Waals surface area contributed by atoms with Gasteiger partial charge in [0, 0.05) is 12.6 Å². The van der Waals surface area contributed by atoms with Crippen LogP contribution >= 0.6 is 24.0 Å². The average molecular weight is 410 g/mol. The number of halogens is 2. The van der Waals surface area contributed by atoms with E-state index in [1.54, 1.807) is 0 Å². The van der Waals surface area contributed by atoms with Gasteiger partial charge in [-0.2, -0.15) is 0 Å². The first-order valence-corrected chi connectivity index (χ1v) is 9.99. The smallest absolute Gasteiger partial charge is 0.180 e. The van der Waals surface area contributed by atoms with E-state index in [0.717, 1.165) is 23.4 Å². The standard InChI is InChI=1S/C22H28ClNO2.ClH/c1-2-25-21-14-18(15-24-19-11-7-4-8-12-19)13-20(23)22(21)26-16-17-9-5-3-6-10-17;/h3,5-6,9-10,13-14,19,24H,2,4,7-8,11-12,15-16H2,1H3;1H. The third-order valence-electron chi connectivity index (χ3n) is 4.80. The molecule has 0 amide bonds. The highest BCUT2D eigenvalue weighted by atomic mass is 35.5. The average Bonchev–Trinajstić information content (AvgIpc) is 2.67. The molecule has 0 bridgehead atoms. The van der Waals surface area contributed by atoms with E-state index in [2.05, 4.69) is 5.32 Å². The van der Waals surface area contributed by atoms with Gasteiger partial charge in [-0.3, -0.25) is 0 Å². The minimum absolute atomic E-state index is 0. The van der Waals surface area contributed by atoms with Gasteiger partial charge in [-0.1, -0.05) is 61.2 Å². The van der Waals surface area contributed by atoms with Gasteiger partial charge in [0.1, 0.15) is 6.61 Å². The molecule has 0 heterocycles. The minimum atomic E-state index is 0. The number of ether oxygens (including phenoxy) is 2. The molecule has 0 unspecified atom stereocenters. The number of nitrogens with one attached hydrogen (secondary N) is 1. The van der Waals surface area contributed by atoms with Crippen LogP contribution in [0.5, 0.6) is 11.5 Å². The fraction of sp³-hybridized carbons (Fsp3) is 0.455. The Kier molecular flexibility index (Phi) is 9.26. The minimum Gasteiger partial charge on any atom is -0.490 e. The molecule has 0 aliphatic heterocycles. The Morgan fingerprint density at radius 2 is 1.74 bits per heavy atom. The van der Waals surface area contributed by atoms with Gasteiger partial charge in [0.15, 0.2) is 11.5 Å². The molecule has 2 aromatic carbocycles. The van der Waals surface area contributed by atoms with Crippen molar-refractivity contribution in [3.63, 3.8) is 0 Å². The van der Waals surface area contributed by atoms with Crippen molar-refractivity contribution in [1.82, 2.24) is 5.32 Å². The SMILES string of the molecule is CCOc1cc(CNC2CCCCC2)cc(Cl)c1OCc1ccccc1.Cl. The van der Waals surface area contributed by atoms with E-state index in [1.165, 1.54) is 32.1 Å². The van der Waals surface area contributed by atoms with Gasteiger partial charge in [-0.15, -0.1) is 12.4 Å². The first kappa shape index (κ1) is 21.9. The van der Waals surface area contributed by atoms with Crippen LogP contribution in [0.3, 0.4) is 0 Å². The van der Waals surface area contributed by atoms with E-state index >= 15 is 0 Å². The van der Waals surface area contributed by atoms with Crippen molar-refractivity contribution in [3.8, 4) is 11.5 Å². The topological polar surface area (TPSA) is 30.5 Å². The molecule has 3 nitrogen and oxygen atoms in total. The number of benzene rings is 2. The Morgan fingerprint density at radius 1 is 1.00 bits per heavy atom. The number of hydrogen-bond acceptors (Lipinski definition) is 3. The van der Waals surface area contributed by atoms with E-state index in [4.69, 9.17) is 21.1 Å². The monoisotopic (exact) mass is 409 g/mol. The third kappa shape index (κ3) is 6.60. The predicted octanol–water partition coefficient (Wildman–Crippen LogP) is 6.16. The number of rotatable bonds is 8. The summed E-state index contributed by atoms with van der Waals surface area (Å²) < 4.78 is 11.8. The summed E-state index contributed by atoms with van der Waals surface area (Å²) >= 11 is 6.53. The van der Waals surface area contributed by atoms with Crippen LogP contribution in [0, 0.1) is 0 Å². The van der Waals surface area contributed by atoms with E-state index in [1.807, 2.05) is 49.4 Å². The molecule has 0 spiro atoms. The second-order valence-corrected chi connectivity index (χ2v) is 7.24. The Hall–Kier alpha value is -1.42. The van der Waals surface area contributed by atoms with Gasteiger partial charge >= 0.3 is 0 Å². The van der Waals surface area contributed by atoms with Crippen LogP contribution in [-0.2, 0) is 13.2 Å². The van der Waals surface area contributed by atoms with Gasteiger partial charge < -0.3 is 14.8 Å². The summed E-state index contributed by atoms with van der Waals surface area (Å²) in [5.41, 5.74) is 2.24.